The molecule has 1 aromatic rings. The van der Waals surface area contributed by atoms with E-state index in [2.05, 4.69) is 18.7 Å². The molecule has 1 aliphatic heterocycles. The van der Waals surface area contributed by atoms with Crippen LogP contribution in [0.4, 0.5) is 8.78 Å². The van der Waals surface area contributed by atoms with E-state index in [-0.39, 0.29) is 23.9 Å². The molecule has 0 saturated carbocycles. The molecule has 2 nitrogen and oxygen atoms in total. The minimum Gasteiger partial charge on any atom is -0.327 e. The first-order valence-electron chi connectivity index (χ1n) is 6.30. The highest BCUT2D eigenvalue weighted by atomic mass is 35.5. The van der Waals surface area contributed by atoms with Crippen LogP contribution >= 0.6 is 12.4 Å². The fourth-order valence-electron chi connectivity index (χ4n) is 2.58. The lowest BCUT2D eigenvalue weighted by molar-refractivity contribution is 0.0897. The molecule has 1 unspecified atom stereocenters. The summed E-state index contributed by atoms with van der Waals surface area (Å²) in [5.41, 5.74) is 6.79. The van der Waals surface area contributed by atoms with Crippen LogP contribution in [-0.4, -0.2) is 24.0 Å². The standard InChI is InChI=1S/C14H20F2N2.ClH/c1-14(2)9-18(4-3-13(14)17)8-10-5-11(15)7-12(16)6-10;/h5-7,13H,3-4,8-9,17H2,1-2H3;1H. The minimum atomic E-state index is -0.516. The van der Waals surface area contributed by atoms with Gasteiger partial charge in [0.25, 0.3) is 0 Å². The highest BCUT2D eigenvalue weighted by Crippen LogP contribution is 2.28. The summed E-state index contributed by atoms with van der Waals surface area (Å²) in [4.78, 5) is 2.21. The van der Waals surface area contributed by atoms with E-state index in [1.807, 2.05) is 0 Å². The second-order valence-corrected chi connectivity index (χ2v) is 5.87. The summed E-state index contributed by atoms with van der Waals surface area (Å²) >= 11 is 0. The third-order valence-electron chi connectivity index (χ3n) is 3.72. The minimum absolute atomic E-state index is 0. The maximum absolute atomic E-state index is 13.1. The Kier molecular flexibility index (Phi) is 5.30. The van der Waals surface area contributed by atoms with Crippen LogP contribution in [0.2, 0.25) is 0 Å². The zero-order chi connectivity index (χ0) is 13.3. The van der Waals surface area contributed by atoms with Gasteiger partial charge in [-0.2, -0.15) is 0 Å². The van der Waals surface area contributed by atoms with Crippen molar-refractivity contribution in [3.8, 4) is 0 Å². The summed E-state index contributed by atoms with van der Waals surface area (Å²) in [7, 11) is 0. The van der Waals surface area contributed by atoms with E-state index in [0.717, 1.165) is 25.6 Å². The van der Waals surface area contributed by atoms with Crippen molar-refractivity contribution < 1.29 is 8.78 Å². The van der Waals surface area contributed by atoms with Crippen LogP contribution in [0, 0.1) is 17.0 Å². The Hall–Kier alpha value is -0.710. The first kappa shape index (κ1) is 16.3. The van der Waals surface area contributed by atoms with E-state index in [9.17, 15) is 8.78 Å². The van der Waals surface area contributed by atoms with Gasteiger partial charge in [0.05, 0.1) is 0 Å². The quantitative estimate of drug-likeness (QED) is 0.907. The van der Waals surface area contributed by atoms with E-state index in [0.29, 0.717) is 12.1 Å². The first-order valence-corrected chi connectivity index (χ1v) is 6.30. The summed E-state index contributed by atoms with van der Waals surface area (Å²) in [6, 6.07) is 3.88. The van der Waals surface area contributed by atoms with Crippen molar-refractivity contribution in [1.29, 1.82) is 0 Å². The molecule has 5 heteroatoms. The summed E-state index contributed by atoms with van der Waals surface area (Å²) in [6.45, 7) is 6.58. The second kappa shape index (κ2) is 6.16. The molecule has 0 bridgehead atoms. The third-order valence-corrected chi connectivity index (χ3v) is 3.72. The lowest BCUT2D eigenvalue weighted by atomic mass is 9.79. The van der Waals surface area contributed by atoms with E-state index in [1.165, 1.54) is 12.1 Å². The number of hydrogen-bond donors (Lipinski definition) is 1. The smallest absolute Gasteiger partial charge is 0.126 e. The number of benzene rings is 1. The van der Waals surface area contributed by atoms with Crippen molar-refractivity contribution >= 4 is 12.4 Å². The van der Waals surface area contributed by atoms with E-state index < -0.39 is 11.6 Å². The molecule has 0 aromatic heterocycles. The Bertz CT molecular complexity index is 417. The molecule has 0 amide bonds. The molecule has 2 rings (SSSR count). The molecule has 19 heavy (non-hydrogen) atoms. The van der Waals surface area contributed by atoms with Crippen molar-refractivity contribution in [3.05, 3.63) is 35.4 Å². The Balaban J connectivity index is 0.00000180. The van der Waals surface area contributed by atoms with Crippen LogP contribution in [0.5, 0.6) is 0 Å². The normalized spacial score (nSPS) is 22.9. The molecular formula is C14H21ClF2N2. The maximum atomic E-state index is 13.1. The summed E-state index contributed by atoms with van der Waals surface area (Å²) in [6.07, 6.45) is 0.921. The Morgan fingerprint density at radius 1 is 1.26 bits per heavy atom. The van der Waals surface area contributed by atoms with Crippen LogP contribution in [-0.2, 0) is 6.54 Å². The van der Waals surface area contributed by atoms with Crippen LogP contribution in [0.3, 0.4) is 0 Å². The van der Waals surface area contributed by atoms with Gasteiger partial charge in [0.15, 0.2) is 0 Å². The number of rotatable bonds is 2. The first-order chi connectivity index (χ1) is 8.37. The lowest BCUT2D eigenvalue weighted by Crippen LogP contribution is -2.52. The van der Waals surface area contributed by atoms with E-state index in [1.54, 1.807) is 0 Å². The number of piperidine rings is 1. The van der Waals surface area contributed by atoms with Crippen molar-refractivity contribution in [1.82, 2.24) is 4.90 Å². The average molecular weight is 291 g/mol. The van der Waals surface area contributed by atoms with Gasteiger partial charge in [-0.1, -0.05) is 13.8 Å². The number of hydrogen-bond acceptors (Lipinski definition) is 2. The van der Waals surface area contributed by atoms with Gasteiger partial charge in [-0.05, 0) is 29.5 Å². The predicted octanol–water partition coefficient (Wildman–Crippen LogP) is 2.95. The van der Waals surface area contributed by atoms with Gasteiger partial charge in [0.2, 0.25) is 0 Å². The average Bonchev–Trinajstić information content (AvgIpc) is 2.21. The summed E-state index contributed by atoms with van der Waals surface area (Å²) in [5, 5.41) is 0. The van der Waals surface area contributed by atoms with Gasteiger partial charge in [-0.15, -0.1) is 12.4 Å². The molecule has 0 radical (unpaired) electrons. The van der Waals surface area contributed by atoms with Crippen molar-refractivity contribution in [2.75, 3.05) is 13.1 Å². The SMILES string of the molecule is CC1(C)CN(Cc2cc(F)cc(F)c2)CCC1N.Cl. The Morgan fingerprint density at radius 3 is 2.37 bits per heavy atom. The van der Waals surface area contributed by atoms with Crippen LogP contribution < -0.4 is 5.73 Å². The molecule has 1 fully saturated rings. The molecule has 108 valence electrons. The molecular weight excluding hydrogens is 270 g/mol. The molecule has 1 atom stereocenters. The molecule has 1 aromatic carbocycles. The summed E-state index contributed by atoms with van der Waals surface area (Å²) < 4.78 is 26.2. The van der Waals surface area contributed by atoms with Crippen molar-refractivity contribution in [3.63, 3.8) is 0 Å². The molecule has 1 saturated heterocycles. The van der Waals surface area contributed by atoms with E-state index in [4.69, 9.17) is 5.73 Å². The zero-order valence-corrected chi connectivity index (χ0v) is 12.1. The predicted molar refractivity (Wildman–Crippen MR) is 75.3 cm³/mol. The number of nitrogens with zero attached hydrogens (tertiary/aromatic N) is 1. The van der Waals surface area contributed by atoms with Gasteiger partial charge in [0.1, 0.15) is 11.6 Å². The number of halogens is 3. The van der Waals surface area contributed by atoms with Crippen molar-refractivity contribution in [2.45, 2.75) is 32.9 Å². The van der Waals surface area contributed by atoms with E-state index >= 15 is 0 Å². The fraction of sp³-hybridized carbons (Fsp3) is 0.571. The fourth-order valence-corrected chi connectivity index (χ4v) is 2.58. The van der Waals surface area contributed by atoms with Gasteiger partial charge >= 0.3 is 0 Å². The number of nitrogens with two attached hydrogens (primary N) is 1. The van der Waals surface area contributed by atoms with Crippen LogP contribution in [0.1, 0.15) is 25.8 Å². The molecule has 1 heterocycles. The maximum Gasteiger partial charge on any atom is 0.126 e. The van der Waals surface area contributed by atoms with Gasteiger partial charge in [-0.25, -0.2) is 8.78 Å². The Labute approximate surface area is 119 Å². The molecule has 1 aliphatic rings. The van der Waals surface area contributed by atoms with Gasteiger partial charge in [-0.3, -0.25) is 4.90 Å². The summed E-state index contributed by atoms with van der Waals surface area (Å²) in [5.74, 6) is -1.03. The number of likely N-dealkylation sites (tertiary alicyclic amines) is 1. The highest BCUT2D eigenvalue weighted by molar-refractivity contribution is 5.85. The van der Waals surface area contributed by atoms with Gasteiger partial charge < -0.3 is 5.73 Å². The molecule has 2 N–H and O–H groups in total. The van der Waals surface area contributed by atoms with Gasteiger partial charge in [0, 0.05) is 31.7 Å². The van der Waals surface area contributed by atoms with Crippen LogP contribution in [0.25, 0.3) is 0 Å². The topological polar surface area (TPSA) is 29.3 Å². The van der Waals surface area contributed by atoms with Crippen LogP contribution in [0.15, 0.2) is 18.2 Å². The third kappa shape index (κ3) is 4.13. The molecule has 0 aliphatic carbocycles. The zero-order valence-electron chi connectivity index (χ0n) is 11.3. The molecule has 0 spiro atoms. The second-order valence-electron chi connectivity index (χ2n) is 5.87. The largest absolute Gasteiger partial charge is 0.327 e. The van der Waals surface area contributed by atoms with Crippen molar-refractivity contribution in [2.24, 2.45) is 11.1 Å². The Morgan fingerprint density at radius 2 is 1.84 bits per heavy atom. The lowest BCUT2D eigenvalue weighted by Gasteiger charge is -2.42. The monoisotopic (exact) mass is 290 g/mol. The highest BCUT2D eigenvalue weighted by Gasteiger charge is 2.33.